The number of carbonyl (C=O) groups excluding carboxylic acids is 1. The summed E-state index contributed by atoms with van der Waals surface area (Å²) in [6.07, 6.45) is 0.441. The number of hydrogen-bond acceptors (Lipinski definition) is 4. The van der Waals surface area contributed by atoms with Crippen molar-refractivity contribution in [2.24, 2.45) is 0 Å². The maximum Gasteiger partial charge on any atom is 0.225 e. The van der Waals surface area contributed by atoms with Gasteiger partial charge in [-0.2, -0.15) is 11.3 Å². The van der Waals surface area contributed by atoms with Crippen LogP contribution in [-0.4, -0.2) is 19.1 Å². The van der Waals surface area contributed by atoms with Crippen LogP contribution in [0.25, 0.3) is 0 Å². The highest BCUT2D eigenvalue weighted by Gasteiger charge is 2.09. The Kier molecular flexibility index (Phi) is 5.78. The third-order valence-corrected chi connectivity index (χ3v) is 3.83. The van der Waals surface area contributed by atoms with Crippen LogP contribution in [-0.2, 0) is 11.3 Å². The van der Waals surface area contributed by atoms with E-state index in [-0.39, 0.29) is 11.9 Å². The van der Waals surface area contributed by atoms with Gasteiger partial charge in [0.1, 0.15) is 5.75 Å². The Morgan fingerprint density at radius 1 is 1.29 bits per heavy atom. The SMILES string of the molecule is COc1ccc(NC(=O)CC(C)NCc2ccsc2)cc1. The largest absolute Gasteiger partial charge is 0.497 e. The number of anilines is 1. The summed E-state index contributed by atoms with van der Waals surface area (Å²) in [5, 5.41) is 10.4. The summed E-state index contributed by atoms with van der Waals surface area (Å²) in [6.45, 7) is 2.81. The summed E-state index contributed by atoms with van der Waals surface area (Å²) in [7, 11) is 1.62. The lowest BCUT2D eigenvalue weighted by Crippen LogP contribution is -2.30. The topological polar surface area (TPSA) is 50.4 Å². The van der Waals surface area contributed by atoms with E-state index < -0.39 is 0 Å². The molecule has 0 aliphatic rings. The number of ether oxygens (including phenoxy) is 1. The van der Waals surface area contributed by atoms with Gasteiger partial charge in [0.25, 0.3) is 0 Å². The van der Waals surface area contributed by atoms with E-state index in [1.807, 2.05) is 31.2 Å². The molecular formula is C16H20N2O2S. The Balaban J connectivity index is 1.75. The molecule has 1 aromatic heterocycles. The average molecular weight is 304 g/mol. The zero-order chi connectivity index (χ0) is 15.1. The Morgan fingerprint density at radius 2 is 2.05 bits per heavy atom. The van der Waals surface area contributed by atoms with Crippen LogP contribution >= 0.6 is 11.3 Å². The number of rotatable bonds is 7. The number of hydrogen-bond donors (Lipinski definition) is 2. The van der Waals surface area contributed by atoms with Gasteiger partial charge in [0.05, 0.1) is 7.11 Å². The van der Waals surface area contributed by atoms with E-state index in [2.05, 4.69) is 27.5 Å². The van der Waals surface area contributed by atoms with E-state index >= 15 is 0 Å². The van der Waals surface area contributed by atoms with Crippen LogP contribution < -0.4 is 15.4 Å². The summed E-state index contributed by atoms with van der Waals surface area (Å²) in [6, 6.07) is 9.53. The molecule has 2 aromatic rings. The molecule has 0 bridgehead atoms. The lowest BCUT2D eigenvalue weighted by molar-refractivity contribution is -0.116. The summed E-state index contributed by atoms with van der Waals surface area (Å²) in [5.41, 5.74) is 2.04. The van der Waals surface area contributed by atoms with Crippen molar-refractivity contribution < 1.29 is 9.53 Å². The van der Waals surface area contributed by atoms with Gasteiger partial charge >= 0.3 is 0 Å². The highest BCUT2D eigenvalue weighted by atomic mass is 32.1. The quantitative estimate of drug-likeness (QED) is 0.825. The number of methoxy groups -OCH3 is 1. The van der Waals surface area contributed by atoms with E-state index in [4.69, 9.17) is 4.74 Å². The zero-order valence-corrected chi connectivity index (χ0v) is 13.1. The monoisotopic (exact) mass is 304 g/mol. The first-order valence-electron chi connectivity index (χ1n) is 6.85. The lowest BCUT2D eigenvalue weighted by Gasteiger charge is -2.13. The molecule has 0 aliphatic heterocycles. The molecule has 1 aromatic carbocycles. The van der Waals surface area contributed by atoms with E-state index in [0.29, 0.717) is 6.42 Å². The lowest BCUT2D eigenvalue weighted by atomic mass is 10.2. The van der Waals surface area contributed by atoms with Crippen LogP contribution in [0.15, 0.2) is 41.1 Å². The number of carbonyl (C=O) groups is 1. The van der Waals surface area contributed by atoms with Gasteiger partial charge in [-0.1, -0.05) is 0 Å². The molecule has 2 rings (SSSR count). The molecule has 0 saturated carbocycles. The number of benzene rings is 1. The third-order valence-electron chi connectivity index (χ3n) is 3.10. The van der Waals surface area contributed by atoms with Crippen molar-refractivity contribution >= 4 is 22.9 Å². The van der Waals surface area contributed by atoms with Crippen LogP contribution in [0, 0.1) is 0 Å². The van der Waals surface area contributed by atoms with Crippen molar-refractivity contribution in [2.45, 2.75) is 25.9 Å². The molecular weight excluding hydrogens is 284 g/mol. The van der Waals surface area contributed by atoms with Crippen molar-refractivity contribution in [2.75, 3.05) is 12.4 Å². The third kappa shape index (κ3) is 5.21. The minimum absolute atomic E-state index is 0.00508. The molecule has 0 fully saturated rings. The molecule has 0 spiro atoms. The smallest absolute Gasteiger partial charge is 0.225 e. The van der Waals surface area contributed by atoms with Crippen LogP contribution in [0.3, 0.4) is 0 Å². The fourth-order valence-electron chi connectivity index (χ4n) is 1.92. The molecule has 0 aliphatic carbocycles. The summed E-state index contributed by atoms with van der Waals surface area (Å²) >= 11 is 1.68. The van der Waals surface area contributed by atoms with Gasteiger partial charge in [-0.15, -0.1) is 0 Å². The van der Waals surface area contributed by atoms with Crippen LogP contribution in [0.1, 0.15) is 18.9 Å². The Morgan fingerprint density at radius 3 is 2.67 bits per heavy atom. The zero-order valence-electron chi connectivity index (χ0n) is 12.3. The normalized spacial score (nSPS) is 11.9. The fraction of sp³-hybridized carbons (Fsp3) is 0.312. The van der Waals surface area contributed by atoms with E-state index in [1.54, 1.807) is 18.4 Å². The van der Waals surface area contributed by atoms with Gasteiger partial charge in [0.2, 0.25) is 5.91 Å². The fourth-order valence-corrected chi connectivity index (χ4v) is 2.59. The van der Waals surface area contributed by atoms with Crippen LogP contribution in [0.2, 0.25) is 0 Å². The maximum atomic E-state index is 12.0. The maximum absolute atomic E-state index is 12.0. The molecule has 4 nitrogen and oxygen atoms in total. The molecule has 112 valence electrons. The Hall–Kier alpha value is -1.85. The summed E-state index contributed by atoms with van der Waals surface area (Å²) < 4.78 is 5.08. The van der Waals surface area contributed by atoms with Gasteiger partial charge in [0.15, 0.2) is 0 Å². The minimum atomic E-state index is 0.00508. The molecule has 1 heterocycles. The van der Waals surface area contributed by atoms with Crippen molar-refractivity contribution in [3.63, 3.8) is 0 Å². The Labute approximate surface area is 129 Å². The number of amides is 1. The number of nitrogens with one attached hydrogen (secondary N) is 2. The number of thiophene rings is 1. The van der Waals surface area contributed by atoms with Crippen molar-refractivity contribution in [3.05, 3.63) is 46.7 Å². The molecule has 5 heteroatoms. The molecule has 2 N–H and O–H groups in total. The van der Waals surface area contributed by atoms with Gasteiger partial charge in [-0.05, 0) is 53.6 Å². The molecule has 1 atom stereocenters. The first-order chi connectivity index (χ1) is 10.2. The van der Waals surface area contributed by atoms with E-state index in [0.717, 1.165) is 18.0 Å². The highest BCUT2D eigenvalue weighted by molar-refractivity contribution is 7.07. The van der Waals surface area contributed by atoms with Crippen molar-refractivity contribution in [1.29, 1.82) is 0 Å². The van der Waals surface area contributed by atoms with E-state index in [1.165, 1.54) is 5.56 Å². The van der Waals surface area contributed by atoms with Crippen molar-refractivity contribution in [3.8, 4) is 5.75 Å². The predicted octanol–water partition coefficient (Wildman–Crippen LogP) is 3.26. The van der Waals surface area contributed by atoms with E-state index in [9.17, 15) is 4.79 Å². The summed E-state index contributed by atoms with van der Waals surface area (Å²) in [4.78, 5) is 12.0. The molecule has 0 radical (unpaired) electrons. The Bertz CT molecular complexity index is 552. The van der Waals surface area contributed by atoms with Crippen LogP contribution in [0.4, 0.5) is 5.69 Å². The van der Waals surface area contributed by atoms with Gasteiger partial charge in [-0.3, -0.25) is 4.79 Å². The van der Waals surface area contributed by atoms with Crippen LogP contribution in [0.5, 0.6) is 5.75 Å². The first-order valence-corrected chi connectivity index (χ1v) is 7.80. The first kappa shape index (κ1) is 15.5. The predicted molar refractivity (Wildman–Crippen MR) is 86.9 cm³/mol. The average Bonchev–Trinajstić information content (AvgIpc) is 2.99. The molecule has 0 saturated heterocycles. The second kappa shape index (κ2) is 7.81. The minimum Gasteiger partial charge on any atom is -0.497 e. The highest BCUT2D eigenvalue weighted by Crippen LogP contribution is 2.15. The second-order valence-electron chi connectivity index (χ2n) is 4.89. The standard InChI is InChI=1S/C16H20N2O2S/c1-12(17-10-13-7-8-21-11-13)9-16(19)18-14-3-5-15(20-2)6-4-14/h3-8,11-12,17H,9-10H2,1-2H3,(H,18,19). The molecule has 21 heavy (non-hydrogen) atoms. The van der Waals surface area contributed by atoms with Crippen molar-refractivity contribution in [1.82, 2.24) is 5.32 Å². The van der Waals surface area contributed by atoms with Gasteiger partial charge in [0, 0.05) is 24.7 Å². The van der Waals surface area contributed by atoms with Gasteiger partial charge < -0.3 is 15.4 Å². The second-order valence-corrected chi connectivity index (χ2v) is 5.67. The van der Waals surface area contributed by atoms with Gasteiger partial charge in [-0.25, -0.2) is 0 Å². The summed E-state index contributed by atoms with van der Waals surface area (Å²) in [5.74, 6) is 0.782. The molecule has 1 amide bonds. The molecule has 1 unspecified atom stereocenters.